The first kappa shape index (κ1) is 53.9. The summed E-state index contributed by atoms with van der Waals surface area (Å²) in [5, 5.41) is 4.96. The maximum Gasteiger partial charge on any atom is 0.252 e. The van der Waals surface area contributed by atoms with E-state index in [-0.39, 0.29) is 28.4 Å². The first-order valence-corrected chi connectivity index (χ1v) is 32.7. The van der Waals surface area contributed by atoms with Crippen LogP contribution in [0.15, 0.2) is 261 Å². The van der Waals surface area contributed by atoms with Crippen LogP contribution in [0.4, 0.5) is 34.1 Å². The molecule has 2 aliphatic carbocycles. The first-order chi connectivity index (χ1) is 44.1. The third kappa shape index (κ3) is 8.02. The highest BCUT2D eigenvalue weighted by Gasteiger charge is 2.46. The summed E-state index contributed by atoms with van der Waals surface area (Å²) in [5.74, 6) is 0. The lowest BCUT2D eigenvalue weighted by atomic mass is 9.33. The molecule has 12 aromatic carbocycles. The molecule has 0 spiro atoms. The van der Waals surface area contributed by atoms with Gasteiger partial charge in [-0.2, -0.15) is 0 Å². The summed E-state index contributed by atoms with van der Waals surface area (Å²) < 4.78 is 5.00. The Morgan fingerprint density at radius 3 is 1.05 bits per heavy atom. The highest BCUT2D eigenvalue weighted by molar-refractivity contribution is 7.00. The molecule has 2 aromatic heterocycles. The number of rotatable bonds is 7. The molecule has 4 nitrogen and oxygen atoms in total. The SMILES string of the molecule is CC1(C)CC(C)(C)c2cc(-c3ccc(N4c5cc(-c6ccccc6)ccc5B5c6ccc(-n7c8ccccc8c8ccccc87)cc6N(c6ccc(-c7ccc8c(c7)C(C)(C)CC8(C)C)cc6)c6cc(-n7c8ccccc8c8ccccc87)cc4c65)cc3)ccc21. The van der Waals surface area contributed by atoms with Gasteiger partial charge in [-0.25, -0.2) is 0 Å². The Balaban J connectivity index is 0.911. The van der Waals surface area contributed by atoms with Gasteiger partial charge in [-0.15, -0.1) is 0 Å². The molecule has 0 unspecified atom stereocenters. The second-order valence-corrected chi connectivity index (χ2v) is 29.1. The monoisotopic (exact) mass is 1170 g/mol. The van der Waals surface area contributed by atoms with E-state index >= 15 is 0 Å². The van der Waals surface area contributed by atoms with Crippen LogP contribution in [-0.2, 0) is 21.7 Å². The van der Waals surface area contributed by atoms with Gasteiger partial charge in [0.2, 0.25) is 0 Å². The quantitative estimate of drug-likeness (QED) is 0.148. The van der Waals surface area contributed by atoms with Crippen molar-refractivity contribution in [3.05, 3.63) is 283 Å². The Morgan fingerprint density at radius 1 is 0.264 bits per heavy atom. The van der Waals surface area contributed by atoms with Crippen molar-refractivity contribution in [3.63, 3.8) is 0 Å². The number of para-hydroxylation sites is 4. The molecule has 0 amide bonds. The van der Waals surface area contributed by atoms with Gasteiger partial charge in [0.15, 0.2) is 0 Å². The number of fused-ring (bicyclic) bond motifs is 12. The fraction of sp³-hybridized carbons (Fsp3) is 0.163. The van der Waals surface area contributed by atoms with Gasteiger partial charge in [-0.3, -0.25) is 0 Å². The van der Waals surface area contributed by atoms with E-state index in [2.05, 4.69) is 335 Å². The van der Waals surface area contributed by atoms with E-state index in [1.54, 1.807) is 0 Å². The molecule has 4 aliphatic rings. The molecule has 0 atom stereocenters. The van der Waals surface area contributed by atoms with Gasteiger partial charge in [-0.1, -0.05) is 237 Å². The van der Waals surface area contributed by atoms with Crippen LogP contribution in [0.25, 0.3) is 88.4 Å². The number of hydrogen-bond donors (Lipinski definition) is 0. The fourth-order valence-electron chi connectivity index (χ4n) is 17.9. The molecule has 5 heteroatoms. The Labute approximate surface area is 534 Å². The standard InChI is InChI=1S/C86H71BN4/c1-83(2)52-85(5,6)70-46-57(34-42-68(70)83)55-30-37-60(38-31-55)88-78-48-59(54-20-10-9-11-21-54)36-44-72(78)87-73-45-41-62(90-74-26-16-12-22-64(74)65-23-13-17-27-75(65)90)49-79(73)89(61-39-32-56(33-40-61)58-35-43-69-71(47-58)86(7,8)53-84(69,3)4)81-51-63(50-80(88)82(81)87)91-76-28-18-14-24-66(76)67-25-15-19-29-77(67)91/h9-51H,52-53H2,1-8H3. The number of aromatic nitrogens is 2. The van der Waals surface area contributed by atoms with Gasteiger partial charge >= 0.3 is 0 Å². The molecule has 91 heavy (non-hydrogen) atoms. The van der Waals surface area contributed by atoms with Crippen molar-refractivity contribution < 1.29 is 0 Å². The number of nitrogens with zero attached hydrogens (tertiary/aromatic N) is 4. The van der Waals surface area contributed by atoms with Gasteiger partial charge in [0.1, 0.15) is 0 Å². The third-order valence-corrected chi connectivity index (χ3v) is 21.5. The maximum absolute atomic E-state index is 2.61. The summed E-state index contributed by atoms with van der Waals surface area (Å²) in [6.45, 7) is 19.2. The van der Waals surface area contributed by atoms with Gasteiger partial charge in [-0.05, 0) is 185 Å². The summed E-state index contributed by atoms with van der Waals surface area (Å²) in [6.07, 6.45) is 2.27. The Hall–Kier alpha value is -10.1. The van der Waals surface area contributed by atoms with E-state index in [0.29, 0.717) is 0 Å². The Kier molecular flexibility index (Phi) is 11.4. The lowest BCUT2D eigenvalue weighted by molar-refractivity contribution is 0.402. The minimum atomic E-state index is -0.122. The molecular weight excluding hydrogens is 1100 g/mol. The van der Waals surface area contributed by atoms with Gasteiger partial charge in [0.25, 0.3) is 6.71 Å². The van der Waals surface area contributed by atoms with Crippen molar-refractivity contribution in [1.82, 2.24) is 9.13 Å². The molecule has 0 N–H and O–H groups in total. The molecule has 0 saturated carbocycles. The first-order valence-electron chi connectivity index (χ1n) is 32.7. The zero-order chi connectivity index (χ0) is 61.4. The molecule has 14 aromatic rings. The van der Waals surface area contributed by atoms with Crippen molar-refractivity contribution >= 4 is 101 Å². The van der Waals surface area contributed by atoms with E-state index in [1.165, 1.54) is 121 Å². The van der Waals surface area contributed by atoms with E-state index in [9.17, 15) is 0 Å². The second kappa shape index (κ2) is 19.2. The zero-order valence-corrected chi connectivity index (χ0v) is 53.1. The second-order valence-electron chi connectivity index (χ2n) is 29.1. The van der Waals surface area contributed by atoms with Crippen molar-refractivity contribution in [2.75, 3.05) is 9.80 Å². The summed E-state index contributed by atoms with van der Waals surface area (Å²) in [7, 11) is 0. The Morgan fingerprint density at radius 2 is 0.593 bits per heavy atom. The Bertz CT molecular complexity index is 5260. The van der Waals surface area contributed by atoms with Crippen LogP contribution in [0.3, 0.4) is 0 Å². The van der Waals surface area contributed by atoms with Crippen molar-refractivity contribution in [2.45, 2.75) is 89.9 Å². The van der Waals surface area contributed by atoms with E-state index in [0.717, 1.165) is 52.7 Å². The summed E-state index contributed by atoms with van der Waals surface area (Å²) >= 11 is 0. The van der Waals surface area contributed by atoms with Crippen LogP contribution < -0.4 is 26.2 Å². The smallest absolute Gasteiger partial charge is 0.252 e. The summed E-state index contributed by atoms with van der Waals surface area (Å²) in [4.78, 5) is 5.21. The maximum atomic E-state index is 2.61. The molecular formula is C86H71BN4. The third-order valence-electron chi connectivity index (χ3n) is 21.5. The van der Waals surface area contributed by atoms with Crippen LogP contribution in [0.2, 0.25) is 0 Å². The van der Waals surface area contributed by atoms with Crippen molar-refractivity contribution in [3.8, 4) is 44.8 Å². The molecule has 0 saturated heterocycles. The molecule has 0 bridgehead atoms. The van der Waals surface area contributed by atoms with E-state index in [1.807, 2.05) is 0 Å². The van der Waals surface area contributed by atoms with E-state index in [4.69, 9.17) is 0 Å². The van der Waals surface area contributed by atoms with Crippen LogP contribution >= 0.6 is 0 Å². The van der Waals surface area contributed by atoms with Gasteiger partial charge in [0, 0.05) is 61.4 Å². The van der Waals surface area contributed by atoms with Crippen LogP contribution in [0.1, 0.15) is 90.5 Å². The van der Waals surface area contributed by atoms with Gasteiger partial charge in [0.05, 0.1) is 27.8 Å². The van der Waals surface area contributed by atoms with Gasteiger partial charge < -0.3 is 18.9 Å². The number of anilines is 6. The minimum absolute atomic E-state index is 0.0893. The average Bonchev–Trinajstić information content (AvgIpc) is 1.41. The highest BCUT2D eigenvalue weighted by Crippen LogP contribution is 2.53. The molecule has 0 radical (unpaired) electrons. The highest BCUT2D eigenvalue weighted by atomic mass is 15.2. The topological polar surface area (TPSA) is 16.3 Å². The lowest BCUT2D eigenvalue weighted by Gasteiger charge is -2.44. The predicted octanol–water partition coefficient (Wildman–Crippen LogP) is 20.9. The fourth-order valence-corrected chi connectivity index (χ4v) is 17.9. The average molecular weight is 1170 g/mol. The molecule has 2 aliphatic heterocycles. The molecule has 0 fully saturated rings. The predicted molar refractivity (Wildman–Crippen MR) is 387 cm³/mol. The minimum Gasteiger partial charge on any atom is -0.311 e. The van der Waals surface area contributed by atoms with E-state index < -0.39 is 0 Å². The van der Waals surface area contributed by atoms with Crippen LogP contribution in [0.5, 0.6) is 0 Å². The molecule has 438 valence electrons. The van der Waals surface area contributed by atoms with Crippen molar-refractivity contribution in [2.24, 2.45) is 0 Å². The number of benzene rings is 12. The summed E-state index contributed by atoms with van der Waals surface area (Å²) in [6, 6.07) is 99.7. The largest absolute Gasteiger partial charge is 0.311 e. The zero-order valence-electron chi connectivity index (χ0n) is 53.1. The van der Waals surface area contributed by atoms with Crippen LogP contribution in [-0.4, -0.2) is 15.8 Å². The summed E-state index contributed by atoms with van der Waals surface area (Å²) in [5.41, 5.74) is 31.3. The van der Waals surface area contributed by atoms with Crippen LogP contribution in [0, 0.1) is 0 Å². The number of hydrogen-bond acceptors (Lipinski definition) is 2. The molecule has 4 heterocycles. The van der Waals surface area contributed by atoms with Crippen molar-refractivity contribution in [1.29, 1.82) is 0 Å². The normalized spacial score (nSPS) is 16.1. The lowest BCUT2D eigenvalue weighted by Crippen LogP contribution is -2.61. The molecule has 18 rings (SSSR count).